The van der Waals surface area contributed by atoms with Gasteiger partial charge in [-0.3, -0.25) is 0 Å². The lowest BCUT2D eigenvalue weighted by Gasteiger charge is -2.28. The van der Waals surface area contributed by atoms with Gasteiger partial charge >= 0.3 is 5.97 Å². The fraction of sp³-hybridized carbons (Fsp3) is 0.902. The van der Waals surface area contributed by atoms with Crippen molar-refractivity contribution in [2.45, 2.75) is 236 Å². The maximum Gasteiger partial charge on any atom is 0.341 e. The maximum absolute atomic E-state index is 13.0. The second kappa shape index (κ2) is 37.1. The third-order valence-electron chi connectivity index (χ3n) is 9.21. The van der Waals surface area contributed by atoms with Crippen LogP contribution in [0.5, 0.6) is 0 Å². The molecule has 0 heterocycles. The topological polar surface area (TPSA) is 37.3 Å². The molecule has 0 aromatic rings. The zero-order valence-electron chi connectivity index (χ0n) is 32.1. The SMILES string of the molecule is CCCCCCCCCCCCC(=S)SC(SC(=S)CCCCCCCCCCCC)(SC(=S)CCCCCCCCCCCC)C(=O)O. The first kappa shape index (κ1) is 49.8. The van der Waals surface area contributed by atoms with Crippen molar-refractivity contribution in [1.29, 1.82) is 0 Å². The van der Waals surface area contributed by atoms with Gasteiger partial charge in [-0.1, -0.05) is 266 Å². The van der Waals surface area contributed by atoms with E-state index in [0.717, 1.165) is 70.4 Å². The highest BCUT2D eigenvalue weighted by molar-refractivity contribution is 8.51. The van der Waals surface area contributed by atoms with Gasteiger partial charge in [-0.05, 0) is 38.5 Å². The monoisotopic (exact) mass is 792 g/mol. The molecule has 0 aliphatic carbocycles. The highest BCUT2D eigenvalue weighted by Gasteiger charge is 2.44. The zero-order chi connectivity index (χ0) is 36.3. The average molecular weight is 793 g/mol. The molecular formula is C41H76O2S6. The summed E-state index contributed by atoms with van der Waals surface area (Å²) in [6, 6.07) is 0. The second-order valence-corrected chi connectivity index (χ2v) is 21.0. The molecule has 0 saturated carbocycles. The lowest BCUT2D eigenvalue weighted by Crippen LogP contribution is -2.31. The molecule has 0 amide bonds. The molecule has 288 valence electrons. The van der Waals surface area contributed by atoms with Gasteiger partial charge in [-0.25, -0.2) is 4.79 Å². The fourth-order valence-electron chi connectivity index (χ4n) is 6.07. The number of carboxylic acid groups (broad SMARTS) is 1. The van der Waals surface area contributed by atoms with Crippen molar-refractivity contribution in [3.8, 4) is 0 Å². The first-order valence-electron chi connectivity index (χ1n) is 20.7. The van der Waals surface area contributed by atoms with Gasteiger partial charge in [0.05, 0.1) is 12.6 Å². The number of carbonyl (C=O) groups is 1. The van der Waals surface area contributed by atoms with Crippen LogP contribution in [-0.4, -0.2) is 27.1 Å². The van der Waals surface area contributed by atoms with Gasteiger partial charge in [0.2, 0.25) is 3.41 Å². The summed E-state index contributed by atoms with van der Waals surface area (Å²) in [6.07, 6.45) is 40.7. The van der Waals surface area contributed by atoms with E-state index in [1.54, 1.807) is 0 Å². The van der Waals surface area contributed by atoms with E-state index >= 15 is 0 Å². The molecular weight excluding hydrogens is 717 g/mol. The molecule has 49 heavy (non-hydrogen) atoms. The van der Waals surface area contributed by atoms with Crippen LogP contribution < -0.4 is 0 Å². The lowest BCUT2D eigenvalue weighted by molar-refractivity contribution is -0.135. The Labute approximate surface area is 334 Å². The summed E-state index contributed by atoms with van der Waals surface area (Å²) in [5.41, 5.74) is 0. The molecule has 0 saturated heterocycles. The molecule has 0 spiro atoms. The summed E-state index contributed by atoms with van der Waals surface area (Å²) in [5, 5.41) is 10.7. The van der Waals surface area contributed by atoms with Crippen molar-refractivity contribution in [2.75, 3.05) is 0 Å². The molecule has 0 aliphatic heterocycles. The quantitative estimate of drug-likeness (QED) is 0.0379. The number of hydrogen-bond donors (Lipinski definition) is 1. The molecule has 0 aliphatic rings. The Hall–Kier alpha value is 0.790. The third kappa shape index (κ3) is 32.0. The molecule has 0 aromatic heterocycles. The Kier molecular flexibility index (Phi) is 37.7. The summed E-state index contributed by atoms with van der Waals surface area (Å²) >= 11 is 21.5. The van der Waals surface area contributed by atoms with E-state index in [9.17, 15) is 9.90 Å². The molecule has 2 nitrogen and oxygen atoms in total. The van der Waals surface area contributed by atoms with E-state index in [0.29, 0.717) is 0 Å². The lowest BCUT2D eigenvalue weighted by atomic mass is 10.1. The van der Waals surface area contributed by atoms with Crippen molar-refractivity contribution >= 4 is 90.5 Å². The van der Waals surface area contributed by atoms with Crippen molar-refractivity contribution < 1.29 is 9.90 Å². The number of thioether (sulfide) groups is 3. The van der Waals surface area contributed by atoms with Crippen LogP contribution in [0.1, 0.15) is 233 Å². The van der Waals surface area contributed by atoms with Crippen LogP contribution in [0.2, 0.25) is 0 Å². The highest BCUT2D eigenvalue weighted by atomic mass is 32.3. The van der Waals surface area contributed by atoms with Crippen LogP contribution in [0.25, 0.3) is 0 Å². The summed E-state index contributed by atoms with van der Waals surface area (Å²) in [7, 11) is 0. The predicted octanol–water partition coefficient (Wildman–Crippen LogP) is 16.8. The van der Waals surface area contributed by atoms with Crippen molar-refractivity contribution in [3.63, 3.8) is 0 Å². The smallest absolute Gasteiger partial charge is 0.341 e. The fourth-order valence-corrected chi connectivity index (χ4v) is 12.8. The predicted molar refractivity (Wildman–Crippen MR) is 240 cm³/mol. The van der Waals surface area contributed by atoms with Crippen LogP contribution in [-0.2, 0) is 4.79 Å². The molecule has 0 fully saturated rings. The Morgan fingerprint density at radius 3 is 0.755 bits per heavy atom. The summed E-state index contributed by atoms with van der Waals surface area (Å²) in [4.78, 5) is 13.0. The van der Waals surface area contributed by atoms with E-state index < -0.39 is 9.38 Å². The number of thiocarbonyl (C=S) groups is 3. The Morgan fingerprint density at radius 2 is 0.571 bits per heavy atom. The number of aliphatic carboxylic acids is 1. The van der Waals surface area contributed by atoms with E-state index in [2.05, 4.69) is 20.8 Å². The first-order chi connectivity index (χ1) is 23.8. The van der Waals surface area contributed by atoms with Crippen molar-refractivity contribution in [2.24, 2.45) is 0 Å². The van der Waals surface area contributed by atoms with E-state index in [1.807, 2.05) is 0 Å². The minimum atomic E-state index is -1.22. The van der Waals surface area contributed by atoms with Gasteiger partial charge in [-0.2, -0.15) is 0 Å². The van der Waals surface area contributed by atoms with Gasteiger partial charge < -0.3 is 5.11 Å². The van der Waals surface area contributed by atoms with Crippen LogP contribution in [0.3, 0.4) is 0 Å². The third-order valence-corrected chi connectivity index (χ3v) is 14.7. The van der Waals surface area contributed by atoms with Gasteiger partial charge in [-0.15, -0.1) is 0 Å². The van der Waals surface area contributed by atoms with Crippen molar-refractivity contribution in [1.82, 2.24) is 0 Å². The zero-order valence-corrected chi connectivity index (χ0v) is 37.0. The Bertz CT molecular complexity index is 725. The second-order valence-electron chi connectivity index (χ2n) is 14.1. The van der Waals surface area contributed by atoms with Crippen LogP contribution in [0, 0.1) is 0 Å². The molecule has 0 unspecified atom stereocenters. The van der Waals surface area contributed by atoms with Crippen LogP contribution in [0.4, 0.5) is 0 Å². The first-order valence-corrected chi connectivity index (χ1v) is 24.4. The number of hydrogen-bond acceptors (Lipinski definition) is 7. The number of carboxylic acids is 1. The normalized spacial score (nSPS) is 11.7. The molecule has 0 atom stereocenters. The highest BCUT2D eigenvalue weighted by Crippen LogP contribution is 2.51. The van der Waals surface area contributed by atoms with Gasteiger partial charge in [0.25, 0.3) is 0 Å². The van der Waals surface area contributed by atoms with Gasteiger partial charge in [0.1, 0.15) is 0 Å². The molecule has 0 bridgehead atoms. The Balaban J connectivity index is 4.85. The number of rotatable bonds is 37. The molecule has 0 radical (unpaired) electrons. The van der Waals surface area contributed by atoms with E-state index in [1.165, 1.54) is 189 Å². The van der Waals surface area contributed by atoms with Crippen LogP contribution in [0.15, 0.2) is 0 Å². The minimum absolute atomic E-state index is 0.781. The van der Waals surface area contributed by atoms with E-state index in [-0.39, 0.29) is 0 Å². The van der Waals surface area contributed by atoms with E-state index in [4.69, 9.17) is 36.7 Å². The number of unbranched alkanes of at least 4 members (excludes halogenated alkanes) is 27. The minimum Gasteiger partial charge on any atom is -0.479 e. The molecule has 1 N–H and O–H groups in total. The maximum atomic E-state index is 13.0. The van der Waals surface area contributed by atoms with Crippen molar-refractivity contribution in [3.05, 3.63) is 0 Å². The summed E-state index contributed by atoms with van der Waals surface area (Å²) in [6.45, 7) is 6.80. The summed E-state index contributed by atoms with van der Waals surface area (Å²) < 4.78 is 1.13. The average Bonchev–Trinajstić information content (AvgIpc) is 3.07. The standard InChI is InChI=1S/C41H76O2S6/c1-4-7-10-13-16-19-22-25-28-31-34-37(44)47-41(40(42)43,48-38(45)35-32-29-26-23-20-17-14-11-8-5-2)49-39(46)36-33-30-27-24-21-18-15-12-9-6-3/h4-36H2,1-3H3,(H,42,43). The molecule has 8 heteroatoms. The molecule has 0 rings (SSSR count). The summed E-state index contributed by atoms with van der Waals surface area (Å²) in [5.74, 6) is -0.867. The Morgan fingerprint density at radius 1 is 0.388 bits per heavy atom. The van der Waals surface area contributed by atoms with Crippen LogP contribution >= 0.6 is 71.9 Å². The van der Waals surface area contributed by atoms with Gasteiger partial charge in [0.15, 0.2) is 0 Å². The van der Waals surface area contributed by atoms with Gasteiger partial charge in [0, 0.05) is 0 Å². The molecule has 0 aromatic carbocycles. The largest absolute Gasteiger partial charge is 0.479 e.